The van der Waals surface area contributed by atoms with Crippen molar-refractivity contribution in [1.29, 1.82) is 0 Å². The van der Waals surface area contributed by atoms with Gasteiger partial charge in [0.15, 0.2) is 0 Å². The summed E-state index contributed by atoms with van der Waals surface area (Å²) in [5.74, 6) is 1.32. The predicted octanol–water partition coefficient (Wildman–Crippen LogP) is 2.19. The minimum absolute atomic E-state index is 0.0867. The number of amides is 1. The molecule has 0 radical (unpaired) electrons. The van der Waals surface area contributed by atoms with Crippen molar-refractivity contribution in [1.82, 2.24) is 24.6 Å². The molecule has 1 saturated heterocycles. The number of ether oxygens (including phenoxy) is 3. The van der Waals surface area contributed by atoms with Crippen LogP contribution in [0.1, 0.15) is 16.9 Å². The van der Waals surface area contributed by atoms with Gasteiger partial charge in [-0.2, -0.15) is 5.10 Å². The average Bonchev–Trinajstić information content (AvgIpc) is 3.40. The lowest BCUT2D eigenvalue weighted by Gasteiger charge is -2.17. The minimum atomic E-state index is -0.175. The van der Waals surface area contributed by atoms with Crippen LogP contribution in [0.15, 0.2) is 42.7 Å². The lowest BCUT2D eigenvalue weighted by molar-refractivity contribution is 0.0759. The first-order valence-corrected chi connectivity index (χ1v) is 9.58. The zero-order valence-electron chi connectivity index (χ0n) is 17.1. The van der Waals surface area contributed by atoms with E-state index in [0.29, 0.717) is 37.0 Å². The Labute approximate surface area is 174 Å². The van der Waals surface area contributed by atoms with Gasteiger partial charge in [0.2, 0.25) is 0 Å². The van der Waals surface area contributed by atoms with Gasteiger partial charge in [0.25, 0.3) is 17.7 Å². The van der Waals surface area contributed by atoms with Crippen LogP contribution in [0.2, 0.25) is 0 Å². The van der Waals surface area contributed by atoms with E-state index in [0.717, 1.165) is 17.0 Å². The van der Waals surface area contributed by atoms with E-state index >= 15 is 0 Å². The first kappa shape index (κ1) is 19.7. The number of benzene rings is 1. The monoisotopic (exact) mass is 409 g/mol. The maximum atomic E-state index is 13.1. The molecule has 9 heteroatoms. The van der Waals surface area contributed by atoms with Crippen LogP contribution in [0.4, 0.5) is 0 Å². The number of methoxy groups -OCH3 is 2. The zero-order chi connectivity index (χ0) is 21.1. The number of aryl methyl sites for hydroxylation is 1. The summed E-state index contributed by atoms with van der Waals surface area (Å²) in [7, 11) is 4.91. The number of hydrogen-bond acceptors (Lipinski definition) is 7. The van der Waals surface area contributed by atoms with E-state index in [1.807, 2.05) is 24.3 Å². The predicted molar refractivity (Wildman–Crippen MR) is 109 cm³/mol. The van der Waals surface area contributed by atoms with E-state index in [1.165, 1.54) is 7.11 Å². The Morgan fingerprint density at radius 3 is 2.67 bits per heavy atom. The molecule has 1 fully saturated rings. The summed E-state index contributed by atoms with van der Waals surface area (Å²) < 4.78 is 18.0. The van der Waals surface area contributed by atoms with E-state index in [2.05, 4.69) is 15.1 Å². The third-order valence-electron chi connectivity index (χ3n) is 5.00. The Morgan fingerprint density at radius 1 is 1.10 bits per heavy atom. The van der Waals surface area contributed by atoms with Crippen LogP contribution >= 0.6 is 0 Å². The molecule has 1 amide bonds. The average molecular weight is 409 g/mol. The van der Waals surface area contributed by atoms with Crippen molar-refractivity contribution >= 4 is 5.91 Å². The zero-order valence-corrected chi connectivity index (χ0v) is 17.1. The molecular formula is C21H23N5O4. The molecule has 1 aliphatic rings. The van der Waals surface area contributed by atoms with Crippen molar-refractivity contribution in [2.75, 3.05) is 27.3 Å². The van der Waals surface area contributed by atoms with Crippen LogP contribution in [-0.2, 0) is 7.05 Å². The summed E-state index contributed by atoms with van der Waals surface area (Å²) in [5, 5.41) is 4.51. The molecule has 156 valence electrons. The number of likely N-dealkylation sites (tertiary alicyclic amines) is 1. The maximum Gasteiger partial charge on any atom is 0.278 e. The molecule has 3 aromatic rings. The van der Waals surface area contributed by atoms with E-state index in [9.17, 15) is 4.79 Å². The third kappa shape index (κ3) is 3.91. The molecule has 4 rings (SSSR count). The molecule has 1 atom stereocenters. The molecule has 1 aliphatic heterocycles. The van der Waals surface area contributed by atoms with Crippen molar-refractivity contribution in [3.05, 3.63) is 48.4 Å². The molecule has 0 saturated carbocycles. The summed E-state index contributed by atoms with van der Waals surface area (Å²) >= 11 is 0. The fourth-order valence-electron chi connectivity index (χ4n) is 3.45. The quantitative estimate of drug-likeness (QED) is 0.616. The van der Waals surface area contributed by atoms with Crippen molar-refractivity contribution in [2.45, 2.75) is 12.5 Å². The van der Waals surface area contributed by atoms with E-state index < -0.39 is 0 Å². The first-order valence-electron chi connectivity index (χ1n) is 9.58. The molecule has 0 aliphatic carbocycles. The molecule has 0 spiro atoms. The third-order valence-corrected chi connectivity index (χ3v) is 5.00. The minimum Gasteiger partial charge on any atom is -0.497 e. The fourth-order valence-corrected chi connectivity index (χ4v) is 3.45. The summed E-state index contributed by atoms with van der Waals surface area (Å²) in [4.78, 5) is 23.1. The smallest absolute Gasteiger partial charge is 0.278 e. The number of carbonyl (C=O) groups is 1. The van der Waals surface area contributed by atoms with Crippen molar-refractivity contribution in [3.63, 3.8) is 0 Å². The lowest BCUT2D eigenvalue weighted by atomic mass is 10.1. The highest BCUT2D eigenvalue weighted by molar-refractivity contribution is 5.94. The van der Waals surface area contributed by atoms with E-state index in [-0.39, 0.29) is 12.0 Å². The van der Waals surface area contributed by atoms with Crippen LogP contribution in [0.3, 0.4) is 0 Å². The molecule has 9 nitrogen and oxygen atoms in total. The number of rotatable bonds is 6. The molecule has 30 heavy (non-hydrogen) atoms. The van der Waals surface area contributed by atoms with Crippen molar-refractivity contribution < 1.29 is 19.0 Å². The van der Waals surface area contributed by atoms with Gasteiger partial charge in [-0.3, -0.25) is 9.48 Å². The molecular weight excluding hydrogens is 386 g/mol. The largest absolute Gasteiger partial charge is 0.497 e. The van der Waals surface area contributed by atoms with Crippen LogP contribution in [-0.4, -0.2) is 64.0 Å². The Hall–Kier alpha value is -3.62. The summed E-state index contributed by atoms with van der Waals surface area (Å²) in [6.45, 7) is 1.05. The maximum absolute atomic E-state index is 13.1. The molecule has 0 bridgehead atoms. The van der Waals surface area contributed by atoms with E-state index in [4.69, 9.17) is 14.2 Å². The van der Waals surface area contributed by atoms with Gasteiger partial charge in [-0.15, -0.1) is 0 Å². The van der Waals surface area contributed by atoms with E-state index in [1.54, 1.807) is 42.2 Å². The van der Waals surface area contributed by atoms with Gasteiger partial charge in [0.1, 0.15) is 17.5 Å². The van der Waals surface area contributed by atoms with Gasteiger partial charge in [-0.1, -0.05) is 12.1 Å². The van der Waals surface area contributed by atoms with Crippen molar-refractivity contribution in [2.24, 2.45) is 7.05 Å². The second-order valence-corrected chi connectivity index (χ2v) is 6.92. The van der Waals surface area contributed by atoms with Gasteiger partial charge < -0.3 is 19.1 Å². The Balaban J connectivity index is 1.47. The normalized spacial score (nSPS) is 15.8. The molecule has 0 N–H and O–H groups in total. The molecule has 1 unspecified atom stereocenters. The van der Waals surface area contributed by atoms with Crippen LogP contribution in [0.25, 0.3) is 11.3 Å². The second-order valence-electron chi connectivity index (χ2n) is 6.92. The number of hydrogen-bond donors (Lipinski definition) is 0. The Bertz CT molecular complexity index is 1050. The number of aromatic nitrogens is 4. The highest BCUT2D eigenvalue weighted by atomic mass is 16.5. The van der Waals surface area contributed by atoms with Crippen LogP contribution < -0.4 is 14.2 Å². The van der Waals surface area contributed by atoms with Gasteiger partial charge in [0, 0.05) is 38.0 Å². The number of nitrogens with zero attached hydrogens (tertiary/aromatic N) is 5. The standard InChI is InChI=1S/C21H23N5O4/c1-25-18(12-17(24-25)14-5-4-6-15(11-14)28-2)21(27)26-10-7-16(13-26)30-20-19(29-3)22-8-9-23-20/h4-6,8-9,11-12,16H,7,10,13H2,1-3H3. The summed E-state index contributed by atoms with van der Waals surface area (Å²) in [6.07, 6.45) is 3.61. The molecule has 3 heterocycles. The summed E-state index contributed by atoms with van der Waals surface area (Å²) in [6, 6.07) is 9.40. The first-order chi connectivity index (χ1) is 14.6. The highest BCUT2D eigenvalue weighted by Gasteiger charge is 2.31. The molecule has 1 aromatic carbocycles. The highest BCUT2D eigenvalue weighted by Crippen LogP contribution is 2.26. The topological polar surface area (TPSA) is 91.6 Å². The van der Waals surface area contributed by atoms with Gasteiger partial charge in [-0.05, 0) is 18.2 Å². The van der Waals surface area contributed by atoms with Gasteiger partial charge in [-0.25, -0.2) is 9.97 Å². The summed E-state index contributed by atoms with van der Waals surface area (Å²) in [5.41, 5.74) is 2.13. The van der Waals surface area contributed by atoms with Crippen molar-refractivity contribution in [3.8, 4) is 28.8 Å². The number of carbonyl (C=O) groups excluding carboxylic acids is 1. The molecule has 2 aromatic heterocycles. The fraction of sp³-hybridized carbons (Fsp3) is 0.333. The van der Waals surface area contributed by atoms with Crippen LogP contribution in [0.5, 0.6) is 17.5 Å². The van der Waals surface area contributed by atoms with Gasteiger partial charge in [0.05, 0.1) is 26.5 Å². The Kier molecular flexibility index (Phi) is 5.51. The Morgan fingerprint density at radius 2 is 1.90 bits per heavy atom. The second kappa shape index (κ2) is 8.40. The lowest BCUT2D eigenvalue weighted by Crippen LogP contribution is -2.32. The van der Waals surface area contributed by atoms with Gasteiger partial charge >= 0.3 is 0 Å². The SMILES string of the molecule is COc1cccc(-c2cc(C(=O)N3CCC(Oc4nccnc4OC)C3)n(C)n2)c1. The van der Waals surface area contributed by atoms with Crippen LogP contribution in [0, 0.1) is 0 Å².